The van der Waals surface area contributed by atoms with Gasteiger partial charge in [-0.2, -0.15) is 0 Å². The minimum atomic E-state index is -0.419. The van der Waals surface area contributed by atoms with E-state index in [1.807, 2.05) is 84.9 Å². The lowest BCUT2D eigenvalue weighted by Crippen LogP contribution is -2.09. The number of hydrogen-bond donors (Lipinski definition) is 2. The molecule has 0 fully saturated rings. The minimum absolute atomic E-state index is 0.0430. The van der Waals surface area contributed by atoms with Crippen molar-refractivity contribution >= 4 is 50.6 Å². The Morgan fingerprint density at radius 2 is 1.61 bits per heavy atom. The summed E-state index contributed by atoms with van der Waals surface area (Å²) in [7, 11) is 0. The number of hydrogen-bond acceptors (Lipinski definition) is 6. The normalized spacial score (nSPS) is 12.0. The van der Waals surface area contributed by atoms with E-state index in [0.29, 0.717) is 10.7 Å². The molecule has 0 bridgehead atoms. The van der Waals surface area contributed by atoms with Crippen molar-refractivity contribution in [2.24, 2.45) is 0 Å². The average molecular weight is 443 g/mol. The predicted molar refractivity (Wildman–Crippen MR) is 127 cm³/mol. The fraction of sp³-hybridized carbons (Fsp3) is 0.0417. The van der Waals surface area contributed by atoms with Gasteiger partial charge < -0.3 is 10.3 Å². The number of rotatable bonds is 7. The van der Waals surface area contributed by atoms with Crippen molar-refractivity contribution in [2.45, 2.75) is 9.59 Å². The van der Waals surface area contributed by atoms with E-state index < -0.39 is 5.25 Å². The Bertz CT molecular complexity index is 1320. The van der Waals surface area contributed by atoms with Crippen molar-refractivity contribution in [2.75, 3.05) is 5.32 Å². The lowest BCUT2D eigenvalue weighted by Gasteiger charge is -2.14. The molecule has 3 aromatic carbocycles. The van der Waals surface area contributed by atoms with E-state index in [0.717, 1.165) is 26.5 Å². The number of benzene rings is 3. The Hall–Kier alpha value is -3.42. The molecule has 31 heavy (non-hydrogen) atoms. The van der Waals surface area contributed by atoms with E-state index in [4.69, 9.17) is 0 Å². The highest BCUT2D eigenvalue weighted by Gasteiger charge is 2.27. The maximum atomic E-state index is 13.6. The molecule has 2 aromatic heterocycles. The van der Waals surface area contributed by atoms with Crippen molar-refractivity contribution in [3.8, 4) is 0 Å². The maximum absolute atomic E-state index is 13.6. The van der Waals surface area contributed by atoms with Crippen LogP contribution in [0.4, 0.5) is 10.8 Å². The van der Waals surface area contributed by atoms with Gasteiger partial charge in [-0.05, 0) is 23.8 Å². The number of Topliss-reactive ketones (excluding diaryl/α,β-unsaturated/α-hetero) is 1. The van der Waals surface area contributed by atoms with Crippen molar-refractivity contribution in [1.29, 1.82) is 0 Å². The number of carbonyl (C=O) groups is 1. The Balaban J connectivity index is 1.44. The van der Waals surface area contributed by atoms with Gasteiger partial charge in [0, 0.05) is 28.4 Å². The monoisotopic (exact) mass is 442 g/mol. The first-order valence-electron chi connectivity index (χ1n) is 9.75. The summed E-state index contributed by atoms with van der Waals surface area (Å²) >= 11 is 2.87. The zero-order chi connectivity index (χ0) is 21.0. The number of fused-ring (bicyclic) bond motifs is 1. The molecule has 0 aliphatic heterocycles. The number of ketones is 1. The predicted octanol–water partition coefficient (Wildman–Crippen LogP) is 6.48. The number of para-hydroxylation sites is 2. The van der Waals surface area contributed by atoms with E-state index in [1.54, 1.807) is 6.20 Å². The van der Waals surface area contributed by atoms with Crippen molar-refractivity contribution in [3.05, 3.63) is 102 Å². The van der Waals surface area contributed by atoms with E-state index in [9.17, 15) is 4.79 Å². The topological polar surface area (TPSA) is 70.7 Å². The second-order valence-electron chi connectivity index (χ2n) is 6.88. The number of carbonyl (C=O) groups excluding carboxylic acids is 1. The molecule has 0 aliphatic rings. The van der Waals surface area contributed by atoms with Gasteiger partial charge in [-0.3, -0.25) is 4.79 Å². The molecule has 152 valence electrons. The molecular weight excluding hydrogens is 424 g/mol. The molecule has 5 aromatic rings. The van der Waals surface area contributed by atoms with Crippen LogP contribution in [0.15, 0.2) is 95.5 Å². The Labute approximate surface area is 187 Å². The van der Waals surface area contributed by atoms with Crippen LogP contribution in [-0.4, -0.2) is 21.0 Å². The third-order valence-corrected chi connectivity index (χ3v) is 7.02. The van der Waals surface area contributed by atoms with Crippen LogP contribution in [0.2, 0.25) is 0 Å². The number of anilines is 2. The number of aromatic nitrogens is 3. The zero-order valence-electron chi connectivity index (χ0n) is 16.4. The van der Waals surface area contributed by atoms with E-state index >= 15 is 0 Å². The van der Waals surface area contributed by atoms with Gasteiger partial charge in [0.15, 0.2) is 10.1 Å². The van der Waals surface area contributed by atoms with Crippen LogP contribution in [0.1, 0.15) is 21.2 Å². The van der Waals surface area contributed by atoms with E-state index in [2.05, 4.69) is 20.5 Å². The lowest BCUT2D eigenvalue weighted by molar-refractivity contribution is 0.0991. The minimum Gasteiger partial charge on any atom is -0.360 e. The van der Waals surface area contributed by atoms with Gasteiger partial charge in [0.05, 0.1) is 0 Å². The Kier molecular flexibility index (Phi) is 5.52. The van der Waals surface area contributed by atoms with Crippen LogP contribution in [0.3, 0.4) is 0 Å². The first-order valence-corrected chi connectivity index (χ1v) is 11.4. The summed E-state index contributed by atoms with van der Waals surface area (Å²) in [4.78, 5) is 16.8. The van der Waals surface area contributed by atoms with Crippen LogP contribution >= 0.6 is 23.1 Å². The molecule has 0 amide bonds. The summed E-state index contributed by atoms with van der Waals surface area (Å²) in [5.74, 6) is 0.0430. The molecule has 2 heterocycles. The molecule has 0 spiro atoms. The van der Waals surface area contributed by atoms with Gasteiger partial charge in [-0.25, -0.2) is 0 Å². The van der Waals surface area contributed by atoms with Crippen molar-refractivity contribution in [1.82, 2.24) is 15.2 Å². The first-order chi connectivity index (χ1) is 15.3. The fourth-order valence-electron chi connectivity index (χ4n) is 3.37. The average Bonchev–Trinajstić information content (AvgIpc) is 3.45. The summed E-state index contributed by atoms with van der Waals surface area (Å²) in [5.41, 5.74) is 3.53. The van der Waals surface area contributed by atoms with Crippen molar-refractivity contribution in [3.63, 3.8) is 0 Å². The van der Waals surface area contributed by atoms with Gasteiger partial charge in [0.25, 0.3) is 0 Å². The molecule has 2 N–H and O–H groups in total. The molecular formula is C24H18N4OS2. The van der Waals surface area contributed by atoms with E-state index in [1.165, 1.54) is 23.1 Å². The van der Waals surface area contributed by atoms with Crippen molar-refractivity contribution < 1.29 is 4.79 Å². The highest BCUT2D eigenvalue weighted by atomic mass is 32.2. The molecule has 0 aliphatic carbocycles. The SMILES string of the molecule is O=C(c1c[nH]c2ccccc12)C(Sc1nnc(Nc2ccccc2)s1)c1ccccc1. The second-order valence-corrected chi connectivity index (χ2v) is 9.21. The highest BCUT2D eigenvalue weighted by molar-refractivity contribution is 8.02. The second kappa shape index (κ2) is 8.75. The molecule has 7 heteroatoms. The molecule has 1 unspecified atom stereocenters. The quantitative estimate of drug-likeness (QED) is 0.223. The van der Waals surface area contributed by atoms with Gasteiger partial charge in [0.1, 0.15) is 5.25 Å². The summed E-state index contributed by atoms with van der Waals surface area (Å²) in [6.07, 6.45) is 1.80. The maximum Gasteiger partial charge on any atom is 0.210 e. The third-order valence-electron chi connectivity index (χ3n) is 4.85. The Morgan fingerprint density at radius 1 is 0.903 bits per heavy atom. The standard InChI is InChI=1S/C24H18N4OS2/c29-21(19-15-25-20-14-8-7-13-18(19)20)22(16-9-3-1-4-10-16)30-24-28-27-23(31-24)26-17-11-5-2-6-12-17/h1-15,22,25H,(H,26,27). The third kappa shape index (κ3) is 4.23. The van der Waals surface area contributed by atoms with E-state index in [-0.39, 0.29) is 5.78 Å². The number of thioether (sulfide) groups is 1. The number of H-pyrrole nitrogens is 1. The van der Waals surface area contributed by atoms with Crippen LogP contribution < -0.4 is 5.32 Å². The lowest BCUT2D eigenvalue weighted by atomic mass is 10.0. The van der Waals surface area contributed by atoms with Gasteiger partial charge >= 0.3 is 0 Å². The van der Waals surface area contributed by atoms with Gasteiger partial charge in [0.2, 0.25) is 5.13 Å². The number of nitrogens with one attached hydrogen (secondary N) is 2. The van der Waals surface area contributed by atoms with Gasteiger partial charge in [-0.1, -0.05) is 89.8 Å². The summed E-state index contributed by atoms with van der Waals surface area (Å²) < 4.78 is 0.737. The number of aromatic amines is 1. The fourth-order valence-corrected chi connectivity index (χ4v) is 5.40. The van der Waals surface area contributed by atoms with Crippen LogP contribution in [0.5, 0.6) is 0 Å². The molecule has 0 radical (unpaired) electrons. The molecule has 5 nitrogen and oxygen atoms in total. The van der Waals surface area contributed by atoms with Gasteiger partial charge in [-0.15, -0.1) is 10.2 Å². The molecule has 5 rings (SSSR count). The smallest absolute Gasteiger partial charge is 0.210 e. The molecule has 0 saturated carbocycles. The first kappa shape index (κ1) is 19.5. The summed E-state index contributed by atoms with van der Waals surface area (Å²) in [6, 6.07) is 27.5. The van der Waals surface area contributed by atoms with Crippen LogP contribution in [0.25, 0.3) is 10.9 Å². The van der Waals surface area contributed by atoms with Crippen LogP contribution in [-0.2, 0) is 0 Å². The molecule has 0 saturated heterocycles. The molecule has 1 atom stereocenters. The zero-order valence-corrected chi connectivity index (χ0v) is 18.0. The largest absolute Gasteiger partial charge is 0.360 e. The number of nitrogens with zero attached hydrogens (tertiary/aromatic N) is 2. The summed E-state index contributed by atoms with van der Waals surface area (Å²) in [5, 5.41) is 13.0. The summed E-state index contributed by atoms with van der Waals surface area (Å²) in [6.45, 7) is 0. The van der Waals surface area contributed by atoms with Crippen LogP contribution in [0, 0.1) is 0 Å². The highest BCUT2D eigenvalue weighted by Crippen LogP contribution is 2.41. The Morgan fingerprint density at radius 3 is 2.42 bits per heavy atom.